The Morgan fingerprint density at radius 2 is 1.90 bits per heavy atom. The third-order valence-corrected chi connectivity index (χ3v) is 5.87. The summed E-state index contributed by atoms with van der Waals surface area (Å²) >= 11 is 11.4. The predicted molar refractivity (Wildman–Crippen MR) is 113 cm³/mol. The minimum absolute atomic E-state index is 0.0203. The zero-order chi connectivity index (χ0) is 20.1. The largest absolute Gasteiger partial charge is 0.460 e. The average Bonchev–Trinajstić information content (AvgIpc) is 3.16. The van der Waals surface area contributed by atoms with Gasteiger partial charge in [0.25, 0.3) is 5.56 Å². The number of H-pyrrole nitrogens is 2. The number of Topliss-reactive ketones (excluding diaryl/α,β-unsaturated/α-hetero) is 1. The molecule has 146 valence electrons. The summed E-state index contributed by atoms with van der Waals surface area (Å²) in [5, 5.41) is 3.78. The average molecular weight is 426 g/mol. The number of anilines is 1. The minimum atomic E-state index is -0.610. The molecule has 2 aromatic heterocycles. The smallest absolute Gasteiger partial charge is 0.258 e. The van der Waals surface area contributed by atoms with E-state index in [-0.39, 0.29) is 16.1 Å². The van der Waals surface area contributed by atoms with Gasteiger partial charge >= 0.3 is 0 Å². The van der Waals surface area contributed by atoms with Crippen molar-refractivity contribution in [3.8, 4) is 11.3 Å². The minimum Gasteiger partial charge on any atom is -0.460 e. The number of nitrogens with one attached hydrogen (secondary N) is 3. The van der Waals surface area contributed by atoms with E-state index in [9.17, 15) is 9.59 Å². The van der Waals surface area contributed by atoms with Crippen LogP contribution >= 0.6 is 23.8 Å². The number of aromatic amines is 2. The van der Waals surface area contributed by atoms with Gasteiger partial charge in [0.05, 0.1) is 16.5 Å². The van der Waals surface area contributed by atoms with Crippen molar-refractivity contribution in [2.75, 3.05) is 5.32 Å². The van der Waals surface area contributed by atoms with Gasteiger partial charge < -0.3 is 14.7 Å². The molecule has 6 nitrogen and oxygen atoms in total. The molecule has 0 fully saturated rings. The number of carbonyl (C=O) groups excluding carboxylic acids is 1. The van der Waals surface area contributed by atoms with E-state index in [1.165, 1.54) is 0 Å². The van der Waals surface area contributed by atoms with E-state index >= 15 is 0 Å². The van der Waals surface area contributed by atoms with Crippen LogP contribution in [0.4, 0.5) is 5.82 Å². The first-order valence-corrected chi connectivity index (χ1v) is 10.1. The van der Waals surface area contributed by atoms with Crippen LogP contribution < -0.4 is 10.9 Å². The number of hydrogen-bond acceptors (Lipinski definition) is 5. The lowest BCUT2D eigenvalue weighted by molar-refractivity contribution is -0.116. The van der Waals surface area contributed by atoms with Crippen molar-refractivity contribution in [3.63, 3.8) is 0 Å². The molecule has 0 radical (unpaired) electrons. The Labute approximate surface area is 175 Å². The Hall–Kier alpha value is -2.90. The zero-order valence-electron chi connectivity index (χ0n) is 15.2. The molecule has 1 aromatic carbocycles. The van der Waals surface area contributed by atoms with Crippen molar-refractivity contribution in [2.24, 2.45) is 0 Å². The standard InChI is InChI=1S/C21H16ClN3O3S/c22-11-5-2-1-4-10(11)14-8-9-15(28-14)17-16-12(6-3-7-13(16)26)23-19-18(17)20(27)25-21(29)24-19/h1-2,4-5,8-9,17H,3,6-7H2,(H3,23,24,25,27,29). The second kappa shape index (κ2) is 6.86. The van der Waals surface area contributed by atoms with Crippen molar-refractivity contribution in [3.05, 3.63) is 79.1 Å². The highest BCUT2D eigenvalue weighted by Gasteiger charge is 2.39. The van der Waals surface area contributed by atoms with Gasteiger partial charge in [-0.05, 0) is 49.3 Å². The third-order valence-electron chi connectivity index (χ3n) is 5.34. The lowest BCUT2D eigenvalue weighted by Crippen LogP contribution is -2.32. The molecular formula is C21H16ClN3O3S. The fraction of sp³-hybridized carbons (Fsp3) is 0.190. The van der Waals surface area contributed by atoms with Crippen LogP contribution in [0.15, 0.2) is 56.9 Å². The Morgan fingerprint density at radius 1 is 1.07 bits per heavy atom. The van der Waals surface area contributed by atoms with Crippen molar-refractivity contribution >= 4 is 35.4 Å². The van der Waals surface area contributed by atoms with E-state index in [0.29, 0.717) is 39.9 Å². The first-order valence-electron chi connectivity index (χ1n) is 9.27. The van der Waals surface area contributed by atoms with Crippen LogP contribution in [-0.2, 0) is 4.79 Å². The Morgan fingerprint density at radius 3 is 2.72 bits per heavy atom. The van der Waals surface area contributed by atoms with Gasteiger partial charge in [0.1, 0.15) is 17.3 Å². The Bertz CT molecular complexity index is 1300. The van der Waals surface area contributed by atoms with Gasteiger partial charge in [-0.1, -0.05) is 23.7 Å². The van der Waals surface area contributed by atoms with Crippen LogP contribution in [0, 0.1) is 4.77 Å². The van der Waals surface area contributed by atoms with Crippen LogP contribution in [0.2, 0.25) is 5.02 Å². The fourth-order valence-electron chi connectivity index (χ4n) is 4.09. The number of benzene rings is 1. The van der Waals surface area contributed by atoms with Gasteiger partial charge in [-0.2, -0.15) is 0 Å². The van der Waals surface area contributed by atoms with Crippen LogP contribution in [-0.4, -0.2) is 15.8 Å². The second-order valence-electron chi connectivity index (χ2n) is 7.11. The highest BCUT2D eigenvalue weighted by atomic mass is 35.5. The molecule has 5 rings (SSSR count). The molecule has 3 heterocycles. The van der Waals surface area contributed by atoms with Crippen LogP contribution in [0.5, 0.6) is 0 Å². The maximum absolute atomic E-state index is 12.8. The summed E-state index contributed by atoms with van der Waals surface area (Å²) in [5.41, 5.74) is 2.19. The predicted octanol–water partition coefficient (Wildman–Crippen LogP) is 4.91. The summed E-state index contributed by atoms with van der Waals surface area (Å²) in [4.78, 5) is 31.3. The molecule has 1 unspecified atom stereocenters. The van der Waals surface area contributed by atoms with E-state index in [2.05, 4.69) is 15.3 Å². The van der Waals surface area contributed by atoms with Gasteiger partial charge in [-0.15, -0.1) is 0 Å². The van der Waals surface area contributed by atoms with Crippen molar-refractivity contribution in [1.82, 2.24) is 9.97 Å². The normalized spacial score (nSPS) is 18.2. The molecule has 3 aromatic rings. The Balaban J connectivity index is 1.72. The first kappa shape index (κ1) is 18.1. The van der Waals surface area contributed by atoms with E-state index in [0.717, 1.165) is 24.1 Å². The highest BCUT2D eigenvalue weighted by molar-refractivity contribution is 7.71. The summed E-state index contributed by atoms with van der Waals surface area (Å²) in [6, 6.07) is 11.0. The zero-order valence-corrected chi connectivity index (χ0v) is 16.7. The van der Waals surface area contributed by atoms with Crippen molar-refractivity contribution in [1.29, 1.82) is 0 Å². The van der Waals surface area contributed by atoms with E-state index < -0.39 is 5.92 Å². The number of aromatic nitrogens is 2. The molecule has 0 spiro atoms. The second-order valence-corrected chi connectivity index (χ2v) is 7.92. The first-order chi connectivity index (χ1) is 14.0. The summed E-state index contributed by atoms with van der Waals surface area (Å²) in [5.74, 6) is 1.01. The number of allylic oxidation sites excluding steroid dienone is 2. The molecule has 8 heteroatoms. The number of rotatable bonds is 2. The number of hydrogen-bond donors (Lipinski definition) is 3. The molecule has 0 amide bonds. The van der Waals surface area contributed by atoms with Gasteiger partial charge in [-0.25, -0.2) is 0 Å². The van der Waals surface area contributed by atoms with Gasteiger partial charge in [0, 0.05) is 23.3 Å². The van der Waals surface area contributed by atoms with Gasteiger partial charge in [0.2, 0.25) is 0 Å². The lowest BCUT2D eigenvalue weighted by Gasteiger charge is -2.31. The molecular weight excluding hydrogens is 410 g/mol. The molecule has 1 aliphatic carbocycles. The summed E-state index contributed by atoms with van der Waals surface area (Å²) in [7, 11) is 0. The number of halogens is 1. The summed E-state index contributed by atoms with van der Waals surface area (Å²) in [6.45, 7) is 0. The summed E-state index contributed by atoms with van der Waals surface area (Å²) in [6.07, 6.45) is 1.94. The monoisotopic (exact) mass is 425 g/mol. The molecule has 1 aliphatic heterocycles. The van der Waals surface area contributed by atoms with Crippen LogP contribution in [0.3, 0.4) is 0 Å². The summed E-state index contributed by atoms with van der Waals surface area (Å²) < 4.78 is 6.36. The lowest BCUT2D eigenvalue weighted by atomic mass is 9.79. The molecule has 0 saturated heterocycles. The third kappa shape index (κ3) is 2.97. The number of carbonyl (C=O) groups is 1. The van der Waals surface area contributed by atoms with E-state index in [1.807, 2.05) is 24.3 Å². The quantitative estimate of drug-likeness (QED) is 0.507. The molecule has 0 bridgehead atoms. The number of ketones is 1. The molecule has 3 N–H and O–H groups in total. The van der Waals surface area contributed by atoms with Gasteiger partial charge in [0.15, 0.2) is 10.6 Å². The van der Waals surface area contributed by atoms with E-state index in [4.69, 9.17) is 28.2 Å². The Kier molecular flexibility index (Phi) is 4.29. The fourth-order valence-corrected chi connectivity index (χ4v) is 4.52. The number of fused-ring (bicyclic) bond motifs is 1. The molecule has 2 aliphatic rings. The molecule has 0 saturated carbocycles. The van der Waals surface area contributed by atoms with E-state index in [1.54, 1.807) is 12.1 Å². The maximum Gasteiger partial charge on any atom is 0.258 e. The van der Waals surface area contributed by atoms with Crippen LogP contribution in [0.1, 0.15) is 36.5 Å². The maximum atomic E-state index is 12.8. The van der Waals surface area contributed by atoms with Crippen molar-refractivity contribution in [2.45, 2.75) is 25.2 Å². The SMILES string of the molecule is O=C1CCCC2=C1C(c1ccc(-c3ccccc3Cl)o1)c1c([nH]c(=S)[nH]c1=O)N2. The number of furan rings is 1. The highest BCUT2D eigenvalue weighted by Crippen LogP contribution is 2.44. The van der Waals surface area contributed by atoms with Crippen molar-refractivity contribution < 1.29 is 9.21 Å². The topological polar surface area (TPSA) is 90.9 Å². The molecule has 1 atom stereocenters. The van der Waals surface area contributed by atoms with Gasteiger partial charge in [-0.3, -0.25) is 14.6 Å². The van der Waals surface area contributed by atoms with Crippen LogP contribution in [0.25, 0.3) is 11.3 Å². The molecule has 29 heavy (non-hydrogen) atoms.